The van der Waals surface area contributed by atoms with Crippen LogP contribution in [0.1, 0.15) is 26.7 Å². The van der Waals surface area contributed by atoms with E-state index in [1.165, 1.54) is 0 Å². The predicted octanol–water partition coefficient (Wildman–Crippen LogP) is 0.178. The van der Waals surface area contributed by atoms with Gasteiger partial charge in [-0.05, 0) is 6.42 Å². The summed E-state index contributed by atoms with van der Waals surface area (Å²) >= 11 is 0. The van der Waals surface area contributed by atoms with Crippen molar-refractivity contribution >= 4 is 0 Å². The lowest BCUT2D eigenvalue weighted by molar-refractivity contribution is -0.325. The van der Waals surface area contributed by atoms with Crippen molar-refractivity contribution in [3.05, 3.63) is 0 Å². The molecule has 0 amide bonds. The maximum atomic E-state index is 5.83. The van der Waals surface area contributed by atoms with Crippen LogP contribution in [0, 0.1) is 0 Å². The van der Waals surface area contributed by atoms with Crippen LogP contribution in [0.4, 0.5) is 0 Å². The molecule has 1 fully saturated rings. The Bertz CT molecular complexity index is 192. The third-order valence-corrected chi connectivity index (χ3v) is 2.39. The first-order valence-electron chi connectivity index (χ1n) is 5.51. The van der Waals surface area contributed by atoms with Gasteiger partial charge in [0, 0.05) is 19.5 Å². The second kappa shape index (κ2) is 5.77. The van der Waals surface area contributed by atoms with E-state index in [0.717, 1.165) is 12.8 Å². The summed E-state index contributed by atoms with van der Waals surface area (Å²) in [6.07, 6.45) is 1.92. The summed E-state index contributed by atoms with van der Waals surface area (Å²) in [4.78, 5) is 0. The predicted molar refractivity (Wildman–Crippen MR) is 57.1 cm³/mol. The third-order valence-electron chi connectivity index (χ3n) is 2.39. The lowest BCUT2D eigenvalue weighted by Crippen LogP contribution is -2.37. The molecule has 15 heavy (non-hydrogen) atoms. The molecule has 0 aromatic carbocycles. The van der Waals surface area contributed by atoms with E-state index in [1.807, 2.05) is 0 Å². The Morgan fingerprint density at radius 1 is 1.60 bits per heavy atom. The van der Waals surface area contributed by atoms with Crippen LogP contribution in [0.2, 0.25) is 0 Å². The smallest absolute Gasteiger partial charge is 0.280 e. The molecule has 5 heteroatoms. The Kier molecular flexibility index (Phi) is 4.95. The quantitative estimate of drug-likeness (QED) is 0.664. The summed E-state index contributed by atoms with van der Waals surface area (Å²) < 4.78 is 16.4. The van der Waals surface area contributed by atoms with Gasteiger partial charge in [0.25, 0.3) is 5.97 Å². The topological polar surface area (TPSA) is 79.7 Å². The second-order valence-electron chi connectivity index (χ2n) is 4.01. The van der Waals surface area contributed by atoms with Crippen molar-refractivity contribution < 1.29 is 14.2 Å². The highest BCUT2D eigenvalue weighted by Gasteiger charge is 2.38. The fourth-order valence-electron chi connectivity index (χ4n) is 1.52. The van der Waals surface area contributed by atoms with Gasteiger partial charge in [0.15, 0.2) is 0 Å². The van der Waals surface area contributed by atoms with Gasteiger partial charge >= 0.3 is 0 Å². The fraction of sp³-hybridized carbons (Fsp3) is 1.00. The molecule has 0 aromatic heterocycles. The molecule has 0 saturated carbocycles. The molecule has 0 bridgehead atoms. The van der Waals surface area contributed by atoms with Crippen LogP contribution < -0.4 is 11.5 Å². The van der Waals surface area contributed by atoms with E-state index in [0.29, 0.717) is 19.8 Å². The van der Waals surface area contributed by atoms with Crippen molar-refractivity contribution in [3.63, 3.8) is 0 Å². The van der Waals surface area contributed by atoms with Crippen LogP contribution in [0.25, 0.3) is 0 Å². The molecule has 4 N–H and O–H groups in total. The number of hydrogen-bond donors (Lipinski definition) is 2. The summed E-state index contributed by atoms with van der Waals surface area (Å²) in [5.41, 5.74) is 11.3. The average molecular weight is 218 g/mol. The van der Waals surface area contributed by atoms with Crippen molar-refractivity contribution in [2.24, 2.45) is 11.5 Å². The zero-order valence-corrected chi connectivity index (χ0v) is 9.57. The molecular weight excluding hydrogens is 196 g/mol. The molecule has 0 spiro atoms. The largest absolute Gasteiger partial charge is 0.328 e. The molecular formula is C10H22N2O3. The van der Waals surface area contributed by atoms with E-state index in [1.54, 1.807) is 6.92 Å². The molecule has 0 aliphatic carbocycles. The molecule has 5 nitrogen and oxygen atoms in total. The van der Waals surface area contributed by atoms with Gasteiger partial charge in [-0.2, -0.15) is 0 Å². The minimum atomic E-state index is -0.963. The van der Waals surface area contributed by atoms with Crippen LogP contribution in [-0.4, -0.2) is 37.9 Å². The lowest BCUT2D eigenvalue weighted by atomic mass is 10.2. The van der Waals surface area contributed by atoms with Crippen molar-refractivity contribution in [1.82, 2.24) is 0 Å². The van der Waals surface area contributed by atoms with Crippen molar-refractivity contribution in [1.29, 1.82) is 0 Å². The summed E-state index contributed by atoms with van der Waals surface area (Å²) in [6, 6.07) is 0.0379. The first-order chi connectivity index (χ1) is 7.09. The van der Waals surface area contributed by atoms with E-state index < -0.39 is 5.97 Å². The molecule has 3 unspecified atom stereocenters. The molecule has 3 atom stereocenters. The maximum Gasteiger partial charge on any atom is 0.280 e. The van der Waals surface area contributed by atoms with Gasteiger partial charge in [-0.15, -0.1) is 0 Å². The Hall–Kier alpha value is -0.200. The molecule has 0 aromatic rings. The summed E-state index contributed by atoms with van der Waals surface area (Å²) in [7, 11) is 0. The van der Waals surface area contributed by atoms with Crippen LogP contribution in [0.5, 0.6) is 0 Å². The van der Waals surface area contributed by atoms with Gasteiger partial charge in [-0.3, -0.25) is 0 Å². The zero-order chi connectivity index (χ0) is 11.3. The van der Waals surface area contributed by atoms with Crippen LogP contribution in [0.3, 0.4) is 0 Å². The number of rotatable bonds is 6. The summed E-state index contributed by atoms with van der Waals surface area (Å²) in [6.45, 7) is 5.22. The van der Waals surface area contributed by atoms with E-state index in [2.05, 4.69) is 6.92 Å². The molecule has 1 rings (SSSR count). The molecule has 1 heterocycles. The Morgan fingerprint density at radius 3 is 2.87 bits per heavy atom. The zero-order valence-electron chi connectivity index (χ0n) is 9.57. The number of ether oxygens (including phenoxy) is 3. The molecule has 1 saturated heterocycles. The second-order valence-corrected chi connectivity index (χ2v) is 4.01. The van der Waals surface area contributed by atoms with Crippen LogP contribution in [-0.2, 0) is 14.2 Å². The Morgan fingerprint density at radius 2 is 2.33 bits per heavy atom. The summed E-state index contributed by atoms with van der Waals surface area (Å²) in [5.74, 6) is -0.963. The highest BCUT2D eigenvalue weighted by molar-refractivity contribution is 4.69. The minimum absolute atomic E-state index is 0.0379. The fourth-order valence-corrected chi connectivity index (χ4v) is 1.52. The van der Waals surface area contributed by atoms with Crippen molar-refractivity contribution in [3.8, 4) is 0 Å². The standard InChI is InChI=1S/C10H22N2O3/c1-3-4-8(12)6-13-10(2)14-7-9(5-11)15-10/h8-9H,3-7,11-12H2,1-2H3. The van der Waals surface area contributed by atoms with E-state index in [9.17, 15) is 0 Å². The minimum Gasteiger partial charge on any atom is -0.328 e. The van der Waals surface area contributed by atoms with Crippen LogP contribution in [0.15, 0.2) is 0 Å². The van der Waals surface area contributed by atoms with Gasteiger partial charge < -0.3 is 25.7 Å². The van der Waals surface area contributed by atoms with Gasteiger partial charge in [-0.1, -0.05) is 13.3 Å². The monoisotopic (exact) mass is 218 g/mol. The normalized spacial score (nSPS) is 33.2. The first-order valence-corrected chi connectivity index (χ1v) is 5.51. The maximum absolute atomic E-state index is 5.83. The Balaban J connectivity index is 2.25. The SMILES string of the molecule is CCCC(N)COC1(C)OCC(CN)O1. The highest BCUT2D eigenvalue weighted by Crippen LogP contribution is 2.24. The number of nitrogens with two attached hydrogens (primary N) is 2. The third kappa shape index (κ3) is 4.04. The lowest BCUT2D eigenvalue weighted by Gasteiger charge is -2.24. The molecule has 1 aliphatic rings. The number of hydrogen-bond acceptors (Lipinski definition) is 5. The molecule has 1 aliphatic heterocycles. The van der Waals surface area contributed by atoms with Gasteiger partial charge in [0.2, 0.25) is 0 Å². The van der Waals surface area contributed by atoms with Gasteiger partial charge in [-0.25, -0.2) is 0 Å². The highest BCUT2D eigenvalue weighted by atomic mass is 16.9. The van der Waals surface area contributed by atoms with Crippen LogP contribution >= 0.6 is 0 Å². The molecule has 0 radical (unpaired) electrons. The van der Waals surface area contributed by atoms with E-state index in [-0.39, 0.29) is 12.1 Å². The van der Waals surface area contributed by atoms with Crippen molar-refractivity contribution in [2.75, 3.05) is 19.8 Å². The summed E-state index contributed by atoms with van der Waals surface area (Å²) in [5, 5.41) is 0. The van der Waals surface area contributed by atoms with Gasteiger partial charge in [0.05, 0.1) is 19.3 Å². The van der Waals surface area contributed by atoms with Crippen molar-refractivity contribution in [2.45, 2.75) is 44.8 Å². The molecule has 90 valence electrons. The van der Waals surface area contributed by atoms with E-state index >= 15 is 0 Å². The van der Waals surface area contributed by atoms with Gasteiger partial charge in [0.1, 0.15) is 0 Å². The van der Waals surface area contributed by atoms with E-state index in [4.69, 9.17) is 25.7 Å². The first kappa shape index (κ1) is 12.9. The average Bonchev–Trinajstić information content (AvgIpc) is 2.59. The Labute approximate surface area is 91.0 Å².